The second-order valence-corrected chi connectivity index (χ2v) is 17.4. The van der Waals surface area contributed by atoms with Crippen molar-refractivity contribution in [3.05, 3.63) is 267 Å². The summed E-state index contributed by atoms with van der Waals surface area (Å²) in [4.78, 5) is 0. The van der Waals surface area contributed by atoms with E-state index in [1.165, 1.54) is 71.9 Å². The van der Waals surface area contributed by atoms with E-state index in [1.807, 2.05) is 12.2 Å². The van der Waals surface area contributed by atoms with Crippen LogP contribution in [0.4, 0.5) is 0 Å². The number of aromatic nitrogens is 2. The molecule has 0 N–H and O–H groups in total. The molecule has 0 bridgehead atoms. The van der Waals surface area contributed by atoms with Gasteiger partial charge in [-0.2, -0.15) is 0 Å². The fourth-order valence-corrected chi connectivity index (χ4v) is 10.1. The second kappa shape index (κ2) is 17.1. The van der Waals surface area contributed by atoms with Crippen molar-refractivity contribution in [3.63, 3.8) is 0 Å². The highest BCUT2D eigenvalue weighted by Gasteiger charge is 2.18. The molecule has 0 spiro atoms. The molecule has 0 saturated carbocycles. The van der Waals surface area contributed by atoms with E-state index in [0.717, 1.165) is 50.2 Å². The molecule has 0 amide bonds. The number of rotatable bonds is 10. The molecule has 320 valence electrons. The van der Waals surface area contributed by atoms with Crippen molar-refractivity contribution >= 4 is 44.9 Å². The van der Waals surface area contributed by atoms with E-state index < -0.39 is 0 Å². The third-order valence-electron chi connectivity index (χ3n) is 13.5. The highest BCUT2D eigenvalue weighted by Crippen LogP contribution is 2.40. The highest BCUT2D eigenvalue weighted by molar-refractivity contribution is 6.11. The summed E-state index contributed by atoms with van der Waals surface area (Å²) in [7, 11) is 0. The molecule has 0 aliphatic heterocycles. The van der Waals surface area contributed by atoms with Crippen molar-refractivity contribution < 1.29 is 0 Å². The van der Waals surface area contributed by atoms with Crippen molar-refractivity contribution in [1.29, 1.82) is 0 Å². The maximum Gasteiger partial charge on any atom is 0.0541 e. The predicted molar refractivity (Wildman–Crippen MR) is 290 cm³/mol. The van der Waals surface area contributed by atoms with Crippen molar-refractivity contribution in [3.8, 4) is 78.1 Å². The quantitative estimate of drug-likeness (QED) is 0.130. The second-order valence-electron chi connectivity index (χ2n) is 17.4. The molecule has 0 aliphatic rings. The minimum Gasteiger partial charge on any atom is -0.309 e. The third-order valence-corrected chi connectivity index (χ3v) is 13.5. The van der Waals surface area contributed by atoms with E-state index in [0.29, 0.717) is 0 Å². The Kier molecular flexibility index (Phi) is 10.2. The van der Waals surface area contributed by atoms with Gasteiger partial charge in [-0.1, -0.05) is 183 Å². The van der Waals surface area contributed by atoms with Crippen LogP contribution >= 0.6 is 0 Å². The standard InChI is InChI=1S/C66H46N2/c1-3-59-61-43-52(31-37-65(61)67(63(59)4-2)57-35-29-49(30-36-57)56-41-54(46-19-10-6-11-20-46)40-55(42-56)47-21-12-7-13-22-47)53-32-38-66-62(44-53)60-25-14-15-26-64(60)68(66)58-33-27-48(28-34-58)51-24-16-23-50(39-51)45-17-8-5-9-18-45/h3-44H,1-2H2. The number of benzene rings is 10. The van der Waals surface area contributed by atoms with E-state index >= 15 is 0 Å². The molecule has 0 aliphatic carbocycles. The Morgan fingerprint density at radius 3 is 1.15 bits per heavy atom. The van der Waals surface area contributed by atoms with Gasteiger partial charge in [0.25, 0.3) is 0 Å². The van der Waals surface area contributed by atoms with Gasteiger partial charge in [0.15, 0.2) is 0 Å². The summed E-state index contributed by atoms with van der Waals surface area (Å²) >= 11 is 0. The van der Waals surface area contributed by atoms with Crippen molar-refractivity contribution in [1.82, 2.24) is 9.13 Å². The molecule has 0 fully saturated rings. The lowest BCUT2D eigenvalue weighted by molar-refractivity contribution is 1.11. The summed E-state index contributed by atoms with van der Waals surface area (Å²) in [6, 6.07) is 87.9. The molecular formula is C66H46N2. The van der Waals surface area contributed by atoms with Crippen LogP contribution < -0.4 is 0 Å². The number of hydrogen-bond donors (Lipinski definition) is 0. The summed E-state index contributed by atoms with van der Waals surface area (Å²) < 4.78 is 4.70. The van der Waals surface area contributed by atoms with Gasteiger partial charge in [0.2, 0.25) is 0 Å². The van der Waals surface area contributed by atoms with Crippen LogP contribution in [0.5, 0.6) is 0 Å². The molecule has 12 rings (SSSR count). The van der Waals surface area contributed by atoms with Gasteiger partial charge in [-0.05, 0) is 152 Å². The Bertz CT molecular complexity index is 3780. The van der Waals surface area contributed by atoms with Crippen LogP contribution in [0.2, 0.25) is 0 Å². The van der Waals surface area contributed by atoms with E-state index in [-0.39, 0.29) is 0 Å². The minimum absolute atomic E-state index is 1.02. The minimum atomic E-state index is 1.02. The number of hydrogen-bond acceptors (Lipinski definition) is 0. The Hall–Kier alpha value is -8.98. The van der Waals surface area contributed by atoms with Gasteiger partial charge in [0, 0.05) is 33.1 Å². The zero-order valence-electron chi connectivity index (χ0n) is 37.6. The van der Waals surface area contributed by atoms with Crippen molar-refractivity contribution in [2.75, 3.05) is 0 Å². The molecular weight excluding hydrogens is 821 g/mol. The normalized spacial score (nSPS) is 11.4. The molecule has 2 heteroatoms. The van der Waals surface area contributed by atoms with Crippen molar-refractivity contribution in [2.24, 2.45) is 0 Å². The average molecular weight is 867 g/mol. The lowest BCUT2D eigenvalue weighted by Gasteiger charge is -2.13. The first kappa shape index (κ1) is 40.5. The highest BCUT2D eigenvalue weighted by atomic mass is 15.0. The van der Waals surface area contributed by atoms with Crippen LogP contribution in [-0.4, -0.2) is 9.13 Å². The lowest BCUT2D eigenvalue weighted by Crippen LogP contribution is -1.97. The molecule has 0 atom stereocenters. The molecule has 10 aromatic carbocycles. The van der Waals surface area contributed by atoms with Crippen LogP contribution in [0.3, 0.4) is 0 Å². The van der Waals surface area contributed by atoms with E-state index in [2.05, 4.69) is 265 Å². The first-order chi connectivity index (χ1) is 33.6. The van der Waals surface area contributed by atoms with E-state index in [9.17, 15) is 0 Å². The van der Waals surface area contributed by atoms with Crippen LogP contribution in [0.15, 0.2) is 256 Å². The largest absolute Gasteiger partial charge is 0.309 e. The van der Waals surface area contributed by atoms with E-state index in [4.69, 9.17) is 0 Å². The Morgan fingerprint density at radius 2 is 0.618 bits per heavy atom. The molecule has 2 aromatic heterocycles. The maximum atomic E-state index is 4.30. The first-order valence-electron chi connectivity index (χ1n) is 23.2. The van der Waals surface area contributed by atoms with Gasteiger partial charge >= 0.3 is 0 Å². The molecule has 0 saturated heterocycles. The monoisotopic (exact) mass is 866 g/mol. The Balaban J connectivity index is 0.895. The van der Waals surface area contributed by atoms with Gasteiger partial charge in [-0.3, -0.25) is 0 Å². The third kappa shape index (κ3) is 7.17. The zero-order valence-corrected chi connectivity index (χ0v) is 37.6. The van der Waals surface area contributed by atoms with Crippen LogP contribution in [0.1, 0.15) is 11.3 Å². The van der Waals surface area contributed by atoms with Gasteiger partial charge in [0.1, 0.15) is 0 Å². The average Bonchev–Trinajstić information content (AvgIpc) is 3.93. The van der Waals surface area contributed by atoms with E-state index in [1.54, 1.807) is 0 Å². The summed E-state index contributed by atoms with van der Waals surface area (Å²) in [5.74, 6) is 0. The molecule has 0 unspecified atom stereocenters. The fourth-order valence-electron chi connectivity index (χ4n) is 10.1. The molecule has 0 radical (unpaired) electrons. The number of nitrogens with zero attached hydrogens (tertiary/aromatic N) is 2. The summed E-state index contributed by atoms with van der Waals surface area (Å²) in [5.41, 5.74) is 22.0. The Labute approximate surface area is 397 Å². The topological polar surface area (TPSA) is 9.86 Å². The number of fused-ring (bicyclic) bond motifs is 4. The maximum absolute atomic E-state index is 4.30. The van der Waals surface area contributed by atoms with Gasteiger partial charge in [-0.15, -0.1) is 0 Å². The van der Waals surface area contributed by atoms with Crippen molar-refractivity contribution in [2.45, 2.75) is 0 Å². The Morgan fingerprint density at radius 1 is 0.250 bits per heavy atom. The summed E-state index contributed by atoms with van der Waals surface area (Å²) in [6.07, 6.45) is 3.92. The zero-order chi connectivity index (χ0) is 45.6. The smallest absolute Gasteiger partial charge is 0.0541 e. The fraction of sp³-hybridized carbons (Fsp3) is 0. The predicted octanol–water partition coefficient (Wildman–Crippen LogP) is 18.0. The van der Waals surface area contributed by atoms with Gasteiger partial charge < -0.3 is 9.13 Å². The van der Waals surface area contributed by atoms with Gasteiger partial charge in [0.05, 0.1) is 22.2 Å². The molecule has 12 aromatic rings. The SMILES string of the molecule is C=Cc1c(C=C)n(-c2ccc(-c3cc(-c4ccccc4)cc(-c4ccccc4)c3)cc2)c2ccc(-c3ccc4c(c3)c3ccccc3n4-c3ccc(-c4cccc(-c5ccccc5)c4)cc3)cc12. The van der Waals surface area contributed by atoms with Gasteiger partial charge in [-0.25, -0.2) is 0 Å². The van der Waals surface area contributed by atoms with Crippen LogP contribution in [-0.2, 0) is 0 Å². The lowest BCUT2D eigenvalue weighted by atomic mass is 9.93. The molecule has 2 heterocycles. The summed E-state index contributed by atoms with van der Waals surface area (Å²) in [6.45, 7) is 8.60. The van der Waals surface area contributed by atoms with Crippen LogP contribution in [0.25, 0.3) is 123 Å². The molecule has 68 heavy (non-hydrogen) atoms. The molecule has 2 nitrogen and oxygen atoms in total. The summed E-state index contributed by atoms with van der Waals surface area (Å²) in [5, 5.41) is 3.58. The number of para-hydroxylation sites is 1. The van der Waals surface area contributed by atoms with Crippen LogP contribution in [0, 0.1) is 0 Å². The first-order valence-corrected chi connectivity index (χ1v) is 23.2.